The Morgan fingerprint density at radius 1 is 0.938 bits per heavy atom. The van der Waals surface area contributed by atoms with E-state index >= 15 is 0 Å². The van der Waals surface area contributed by atoms with Crippen LogP contribution in [0, 0.1) is 0 Å². The van der Waals surface area contributed by atoms with Crippen LogP contribution < -0.4 is 14.8 Å². The molecule has 2 heterocycles. The number of carbonyl (C=O) groups excluding carboxylic acids is 1. The van der Waals surface area contributed by atoms with E-state index in [-0.39, 0.29) is 5.91 Å². The number of hydrogen-bond donors (Lipinski definition) is 1. The van der Waals surface area contributed by atoms with Crippen LogP contribution in [0.5, 0.6) is 11.5 Å². The van der Waals surface area contributed by atoms with Gasteiger partial charge in [0.25, 0.3) is 17.0 Å². The smallest absolute Gasteiger partial charge is 0.277 e. The fraction of sp³-hybridized carbons (Fsp3) is 0.125. The molecule has 0 fully saturated rings. The van der Waals surface area contributed by atoms with E-state index in [9.17, 15) is 4.79 Å². The molecule has 1 amide bonds. The van der Waals surface area contributed by atoms with Gasteiger partial charge < -0.3 is 19.2 Å². The van der Waals surface area contributed by atoms with Crippen LogP contribution in [0.25, 0.3) is 0 Å². The molecule has 3 aromatic carbocycles. The van der Waals surface area contributed by atoms with E-state index in [1.165, 1.54) is 11.8 Å². The Labute approximate surface area is 188 Å². The van der Waals surface area contributed by atoms with Crippen LogP contribution in [0.1, 0.15) is 27.9 Å². The van der Waals surface area contributed by atoms with E-state index < -0.39 is 6.10 Å². The molecule has 1 N–H and O–H groups in total. The van der Waals surface area contributed by atoms with E-state index in [2.05, 4.69) is 15.5 Å². The largest absolute Gasteiger partial charge is 0.485 e. The first-order chi connectivity index (χ1) is 15.7. The van der Waals surface area contributed by atoms with Crippen molar-refractivity contribution in [3.05, 3.63) is 95.9 Å². The first kappa shape index (κ1) is 20.1. The summed E-state index contributed by atoms with van der Waals surface area (Å²) in [5.74, 6) is 2.24. The SMILES string of the molecule is O=C(Nc1ccccc1)c1ccc(CSc2nnc(C3COc4ccccc4O3)o2)cc1. The van der Waals surface area contributed by atoms with Crippen molar-refractivity contribution in [3.63, 3.8) is 0 Å². The molecule has 0 bridgehead atoms. The highest BCUT2D eigenvalue weighted by Gasteiger charge is 2.27. The first-order valence-corrected chi connectivity index (χ1v) is 11.0. The van der Waals surface area contributed by atoms with E-state index in [1.54, 1.807) is 12.1 Å². The lowest BCUT2D eigenvalue weighted by atomic mass is 10.1. The number of rotatable bonds is 6. The van der Waals surface area contributed by atoms with Gasteiger partial charge in [-0.15, -0.1) is 10.2 Å². The van der Waals surface area contributed by atoms with Crippen LogP contribution in [0.15, 0.2) is 88.5 Å². The molecule has 1 aliphatic rings. The zero-order valence-corrected chi connectivity index (χ0v) is 17.7. The molecular weight excluding hydrogens is 426 g/mol. The summed E-state index contributed by atoms with van der Waals surface area (Å²) in [5, 5.41) is 11.5. The summed E-state index contributed by atoms with van der Waals surface area (Å²) in [6.45, 7) is 0.315. The summed E-state index contributed by atoms with van der Waals surface area (Å²) in [4.78, 5) is 12.4. The number of aromatic nitrogens is 2. The lowest BCUT2D eigenvalue weighted by Gasteiger charge is -2.23. The molecule has 7 nitrogen and oxygen atoms in total. The van der Waals surface area contributed by atoms with Gasteiger partial charge in [-0.2, -0.15) is 0 Å². The number of fused-ring (bicyclic) bond motifs is 1. The second-order valence-electron chi connectivity index (χ2n) is 7.08. The standard InChI is InChI=1S/C24H19N3O4S/c28-22(25-18-6-2-1-3-7-18)17-12-10-16(11-13-17)15-32-24-27-26-23(31-24)21-14-29-19-8-4-5-9-20(19)30-21/h1-13,21H,14-15H2,(H,25,28). The van der Waals surface area contributed by atoms with Crippen molar-refractivity contribution >= 4 is 23.4 Å². The molecule has 0 spiro atoms. The van der Waals surface area contributed by atoms with Crippen LogP contribution in [-0.2, 0) is 5.75 Å². The monoisotopic (exact) mass is 445 g/mol. The minimum Gasteiger partial charge on any atom is -0.485 e. The summed E-state index contributed by atoms with van der Waals surface area (Å²) in [7, 11) is 0. The van der Waals surface area contributed by atoms with Gasteiger partial charge in [0.05, 0.1) is 0 Å². The second kappa shape index (κ2) is 9.15. The highest BCUT2D eigenvalue weighted by molar-refractivity contribution is 7.98. The third kappa shape index (κ3) is 4.60. The Hall–Kier alpha value is -3.78. The summed E-state index contributed by atoms with van der Waals surface area (Å²) < 4.78 is 17.4. The van der Waals surface area contributed by atoms with Gasteiger partial charge in [0.15, 0.2) is 11.5 Å². The summed E-state index contributed by atoms with van der Waals surface area (Å²) in [6, 6.07) is 24.3. The lowest BCUT2D eigenvalue weighted by Crippen LogP contribution is -2.21. The Bertz CT molecular complexity index is 1210. The lowest BCUT2D eigenvalue weighted by molar-refractivity contribution is 0.0686. The van der Waals surface area contributed by atoms with E-state index in [4.69, 9.17) is 13.9 Å². The number of thioether (sulfide) groups is 1. The second-order valence-corrected chi connectivity index (χ2v) is 8.00. The van der Waals surface area contributed by atoms with E-state index in [0.29, 0.717) is 40.5 Å². The van der Waals surface area contributed by atoms with E-state index in [0.717, 1.165) is 11.3 Å². The van der Waals surface area contributed by atoms with Gasteiger partial charge >= 0.3 is 0 Å². The highest BCUT2D eigenvalue weighted by Crippen LogP contribution is 2.36. The quantitative estimate of drug-likeness (QED) is 0.412. The molecule has 1 aliphatic heterocycles. The minimum absolute atomic E-state index is 0.145. The maximum atomic E-state index is 12.4. The number of benzene rings is 3. The maximum absolute atomic E-state index is 12.4. The third-order valence-electron chi connectivity index (χ3n) is 4.82. The average Bonchev–Trinajstić information content (AvgIpc) is 3.32. The van der Waals surface area contributed by atoms with Crippen LogP contribution in [0.3, 0.4) is 0 Å². The predicted octanol–water partition coefficient (Wildman–Crippen LogP) is 5.13. The Balaban J connectivity index is 1.16. The number of hydrogen-bond acceptors (Lipinski definition) is 7. The van der Waals surface area contributed by atoms with Crippen LogP contribution in [0.2, 0.25) is 0 Å². The predicted molar refractivity (Wildman–Crippen MR) is 120 cm³/mol. The average molecular weight is 446 g/mol. The molecule has 160 valence electrons. The summed E-state index contributed by atoms with van der Waals surface area (Å²) in [5.41, 5.74) is 2.40. The Morgan fingerprint density at radius 2 is 1.69 bits per heavy atom. The number of anilines is 1. The molecule has 5 rings (SSSR count). The number of carbonyl (C=O) groups is 1. The molecule has 8 heteroatoms. The molecule has 1 unspecified atom stereocenters. The zero-order valence-electron chi connectivity index (χ0n) is 16.9. The van der Waals surface area contributed by atoms with Crippen molar-refractivity contribution in [1.82, 2.24) is 10.2 Å². The third-order valence-corrected chi connectivity index (χ3v) is 5.71. The van der Waals surface area contributed by atoms with E-state index in [1.807, 2.05) is 66.7 Å². The van der Waals surface area contributed by atoms with Gasteiger partial charge in [-0.3, -0.25) is 4.79 Å². The van der Waals surface area contributed by atoms with Crippen molar-refractivity contribution in [2.75, 3.05) is 11.9 Å². The molecule has 0 radical (unpaired) electrons. The molecule has 0 saturated heterocycles. The fourth-order valence-corrected chi connectivity index (χ4v) is 3.90. The van der Waals surface area contributed by atoms with Crippen molar-refractivity contribution in [1.29, 1.82) is 0 Å². The van der Waals surface area contributed by atoms with Crippen molar-refractivity contribution in [2.45, 2.75) is 17.1 Å². The van der Waals surface area contributed by atoms with Crippen molar-refractivity contribution in [2.24, 2.45) is 0 Å². The van der Waals surface area contributed by atoms with Crippen LogP contribution in [-0.4, -0.2) is 22.7 Å². The van der Waals surface area contributed by atoms with Gasteiger partial charge in [-0.25, -0.2) is 0 Å². The Morgan fingerprint density at radius 3 is 2.50 bits per heavy atom. The molecule has 0 aliphatic carbocycles. The van der Waals surface area contributed by atoms with Gasteiger partial charge in [0, 0.05) is 17.0 Å². The van der Waals surface area contributed by atoms with Gasteiger partial charge in [0.2, 0.25) is 6.10 Å². The zero-order chi connectivity index (χ0) is 21.8. The normalized spacial score (nSPS) is 14.7. The van der Waals surface area contributed by atoms with Crippen molar-refractivity contribution in [3.8, 4) is 11.5 Å². The molecule has 1 atom stereocenters. The van der Waals surface area contributed by atoms with Crippen LogP contribution in [0.4, 0.5) is 5.69 Å². The van der Waals surface area contributed by atoms with Gasteiger partial charge in [-0.05, 0) is 42.0 Å². The first-order valence-electron chi connectivity index (χ1n) is 10.0. The summed E-state index contributed by atoms with van der Waals surface area (Å²) in [6.07, 6.45) is -0.436. The number of ether oxygens (including phenoxy) is 2. The highest BCUT2D eigenvalue weighted by atomic mass is 32.2. The minimum atomic E-state index is -0.436. The number of nitrogens with one attached hydrogen (secondary N) is 1. The number of nitrogens with zero attached hydrogens (tertiary/aromatic N) is 2. The molecule has 0 saturated carbocycles. The fourth-order valence-electron chi connectivity index (χ4n) is 3.17. The number of para-hydroxylation sites is 3. The Kier molecular flexibility index (Phi) is 5.76. The maximum Gasteiger partial charge on any atom is 0.277 e. The molecular formula is C24H19N3O4S. The molecule has 32 heavy (non-hydrogen) atoms. The number of amides is 1. The summed E-state index contributed by atoms with van der Waals surface area (Å²) >= 11 is 1.42. The molecule has 1 aromatic heterocycles. The topological polar surface area (TPSA) is 86.5 Å². The van der Waals surface area contributed by atoms with Crippen molar-refractivity contribution < 1.29 is 18.7 Å². The van der Waals surface area contributed by atoms with Gasteiger partial charge in [-0.1, -0.05) is 54.2 Å². The van der Waals surface area contributed by atoms with Crippen LogP contribution >= 0.6 is 11.8 Å². The van der Waals surface area contributed by atoms with Gasteiger partial charge in [0.1, 0.15) is 6.61 Å². The molecule has 4 aromatic rings.